The van der Waals surface area contributed by atoms with Crippen LogP contribution in [0.25, 0.3) is 10.7 Å². The number of carbonyl (C=O) groups excluding carboxylic acids is 1. The molecule has 2 N–H and O–H groups in total. The van der Waals surface area contributed by atoms with E-state index >= 15 is 0 Å². The van der Waals surface area contributed by atoms with Crippen molar-refractivity contribution in [1.82, 2.24) is 14.8 Å². The number of aromatic amines is 1. The van der Waals surface area contributed by atoms with Gasteiger partial charge in [-0.05, 0) is 23.7 Å². The molecular formula is C17H18N4O3S2. The number of nitrogens with zero attached hydrogens (tertiary/aromatic N) is 2. The molecule has 0 aliphatic heterocycles. The number of anilines is 1. The van der Waals surface area contributed by atoms with Crippen molar-refractivity contribution in [2.24, 2.45) is 0 Å². The zero-order chi connectivity index (χ0) is 18.5. The lowest BCUT2D eigenvalue weighted by Crippen LogP contribution is -2.15. The number of aromatic nitrogens is 3. The Hall–Kier alpha value is -2.65. The van der Waals surface area contributed by atoms with Crippen molar-refractivity contribution in [2.75, 3.05) is 19.5 Å². The number of nitrogens with one attached hydrogen (secondary N) is 2. The molecule has 3 rings (SSSR count). The predicted octanol–water partition coefficient (Wildman–Crippen LogP) is 3.72. The highest BCUT2D eigenvalue weighted by molar-refractivity contribution is 7.71. The van der Waals surface area contributed by atoms with Gasteiger partial charge in [-0.25, -0.2) is 0 Å². The van der Waals surface area contributed by atoms with Gasteiger partial charge in [-0.15, -0.1) is 11.3 Å². The summed E-state index contributed by atoms with van der Waals surface area (Å²) in [6, 6.07) is 9.13. The van der Waals surface area contributed by atoms with Crippen LogP contribution in [-0.2, 0) is 11.3 Å². The largest absolute Gasteiger partial charge is 0.497 e. The van der Waals surface area contributed by atoms with E-state index in [-0.39, 0.29) is 12.3 Å². The van der Waals surface area contributed by atoms with Crippen LogP contribution in [0, 0.1) is 4.77 Å². The highest BCUT2D eigenvalue weighted by Gasteiger charge is 2.12. The third-order valence-corrected chi connectivity index (χ3v) is 4.87. The Balaban J connectivity index is 1.69. The number of carbonyl (C=O) groups is 1. The van der Waals surface area contributed by atoms with Crippen LogP contribution in [0.3, 0.4) is 0 Å². The van der Waals surface area contributed by atoms with Gasteiger partial charge in [0.25, 0.3) is 0 Å². The van der Waals surface area contributed by atoms with E-state index in [0.717, 1.165) is 10.7 Å². The van der Waals surface area contributed by atoms with Crippen molar-refractivity contribution in [3.05, 3.63) is 40.5 Å². The summed E-state index contributed by atoms with van der Waals surface area (Å²) in [5.74, 6) is 1.81. The number of amides is 1. The summed E-state index contributed by atoms with van der Waals surface area (Å²) in [6.45, 7) is 0.426. The molecule has 0 saturated heterocycles. The number of benzene rings is 1. The molecule has 26 heavy (non-hydrogen) atoms. The lowest BCUT2D eigenvalue weighted by Gasteiger charge is -2.10. The Bertz CT molecular complexity index is 925. The van der Waals surface area contributed by atoms with Gasteiger partial charge >= 0.3 is 0 Å². The maximum absolute atomic E-state index is 12.3. The fourth-order valence-electron chi connectivity index (χ4n) is 2.44. The van der Waals surface area contributed by atoms with Crippen molar-refractivity contribution in [1.29, 1.82) is 0 Å². The van der Waals surface area contributed by atoms with Crippen LogP contribution >= 0.6 is 23.6 Å². The van der Waals surface area contributed by atoms with Crippen molar-refractivity contribution in [2.45, 2.75) is 13.0 Å². The smallest absolute Gasteiger partial charge is 0.226 e. The van der Waals surface area contributed by atoms with Gasteiger partial charge in [-0.1, -0.05) is 6.07 Å². The Morgan fingerprint density at radius 3 is 2.65 bits per heavy atom. The van der Waals surface area contributed by atoms with Crippen molar-refractivity contribution in [3.8, 4) is 22.2 Å². The number of hydrogen-bond acceptors (Lipinski definition) is 6. The molecule has 0 saturated carbocycles. The zero-order valence-electron chi connectivity index (χ0n) is 14.3. The SMILES string of the molecule is COc1cc(NC(=O)CCn2c(-c3cccs3)n[nH]c2=S)cc(OC)c1. The molecule has 0 fully saturated rings. The second-order valence-corrected chi connectivity index (χ2v) is 6.72. The van der Waals surface area contributed by atoms with Gasteiger partial charge in [-0.2, -0.15) is 5.10 Å². The van der Waals surface area contributed by atoms with Crippen LogP contribution in [-0.4, -0.2) is 34.9 Å². The van der Waals surface area contributed by atoms with E-state index in [0.29, 0.717) is 28.5 Å². The van der Waals surface area contributed by atoms with E-state index in [9.17, 15) is 4.79 Å². The molecule has 0 aliphatic rings. The Labute approximate surface area is 159 Å². The van der Waals surface area contributed by atoms with E-state index in [1.165, 1.54) is 0 Å². The first-order valence-electron chi connectivity index (χ1n) is 7.82. The number of ether oxygens (including phenoxy) is 2. The highest BCUT2D eigenvalue weighted by Crippen LogP contribution is 2.26. The molecule has 1 amide bonds. The molecule has 0 unspecified atom stereocenters. The fraction of sp³-hybridized carbons (Fsp3) is 0.235. The second kappa shape index (κ2) is 8.15. The number of H-pyrrole nitrogens is 1. The maximum Gasteiger partial charge on any atom is 0.226 e. The van der Waals surface area contributed by atoms with Crippen LogP contribution in [0.15, 0.2) is 35.7 Å². The summed E-state index contributed by atoms with van der Waals surface area (Å²) in [5, 5.41) is 11.9. The summed E-state index contributed by atoms with van der Waals surface area (Å²) in [7, 11) is 3.13. The molecule has 0 radical (unpaired) electrons. The topological polar surface area (TPSA) is 81.2 Å². The first-order valence-corrected chi connectivity index (χ1v) is 9.11. The lowest BCUT2D eigenvalue weighted by molar-refractivity contribution is -0.116. The molecule has 2 heterocycles. The molecule has 2 aromatic heterocycles. The number of rotatable bonds is 7. The van der Waals surface area contributed by atoms with Gasteiger partial charge in [0.2, 0.25) is 5.91 Å². The number of methoxy groups -OCH3 is 2. The molecule has 136 valence electrons. The molecule has 1 aromatic carbocycles. The van der Waals surface area contributed by atoms with Crippen molar-refractivity contribution < 1.29 is 14.3 Å². The average Bonchev–Trinajstić information content (AvgIpc) is 3.29. The lowest BCUT2D eigenvalue weighted by atomic mass is 10.2. The summed E-state index contributed by atoms with van der Waals surface area (Å²) >= 11 is 6.85. The van der Waals surface area contributed by atoms with Gasteiger partial charge in [0.05, 0.1) is 19.1 Å². The van der Waals surface area contributed by atoms with Crippen LogP contribution in [0.5, 0.6) is 11.5 Å². The first-order chi connectivity index (χ1) is 12.6. The van der Waals surface area contributed by atoms with E-state index in [4.69, 9.17) is 21.7 Å². The third-order valence-electron chi connectivity index (χ3n) is 3.70. The second-order valence-electron chi connectivity index (χ2n) is 5.38. The molecule has 3 aromatic rings. The standard InChI is InChI=1S/C17H18N4O3S2/c1-23-12-8-11(9-13(10-12)24-2)18-15(22)5-6-21-16(19-20-17(21)25)14-4-3-7-26-14/h3-4,7-10H,5-6H2,1-2H3,(H,18,22)(H,20,25). The quantitative estimate of drug-likeness (QED) is 0.601. The minimum absolute atomic E-state index is 0.138. The van der Waals surface area contributed by atoms with Gasteiger partial charge in [0.1, 0.15) is 11.5 Å². The molecule has 9 heteroatoms. The van der Waals surface area contributed by atoms with E-state index in [2.05, 4.69) is 15.5 Å². The number of hydrogen-bond donors (Lipinski definition) is 2. The summed E-state index contributed by atoms with van der Waals surface area (Å²) in [6.07, 6.45) is 0.256. The normalized spacial score (nSPS) is 10.5. The van der Waals surface area contributed by atoms with E-state index in [1.807, 2.05) is 22.1 Å². The summed E-state index contributed by atoms with van der Waals surface area (Å²) < 4.78 is 12.7. The third kappa shape index (κ3) is 4.12. The monoisotopic (exact) mass is 390 g/mol. The van der Waals surface area contributed by atoms with E-state index < -0.39 is 0 Å². The minimum atomic E-state index is -0.138. The molecule has 0 spiro atoms. The molecular weight excluding hydrogens is 372 g/mol. The highest BCUT2D eigenvalue weighted by atomic mass is 32.1. The van der Waals surface area contributed by atoms with Crippen molar-refractivity contribution >= 4 is 35.1 Å². The van der Waals surface area contributed by atoms with E-state index in [1.54, 1.807) is 43.8 Å². The maximum atomic E-state index is 12.3. The van der Waals surface area contributed by atoms with Gasteiger partial charge in [0.15, 0.2) is 10.6 Å². The van der Waals surface area contributed by atoms with Crippen molar-refractivity contribution in [3.63, 3.8) is 0 Å². The van der Waals surface area contributed by atoms with Crippen LogP contribution in [0.4, 0.5) is 5.69 Å². The van der Waals surface area contributed by atoms with Gasteiger partial charge in [-0.3, -0.25) is 14.5 Å². The molecule has 0 aliphatic carbocycles. The predicted molar refractivity (Wildman–Crippen MR) is 104 cm³/mol. The Kier molecular flexibility index (Phi) is 5.69. The Morgan fingerprint density at radius 1 is 1.31 bits per heavy atom. The first kappa shape index (κ1) is 18.2. The van der Waals surface area contributed by atoms with Crippen LogP contribution < -0.4 is 14.8 Å². The minimum Gasteiger partial charge on any atom is -0.497 e. The molecule has 7 nitrogen and oxygen atoms in total. The fourth-order valence-corrected chi connectivity index (χ4v) is 3.38. The summed E-state index contributed by atoms with van der Waals surface area (Å²) in [5.41, 5.74) is 0.612. The number of thiophene rings is 1. The van der Waals surface area contributed by atoms with Crippen LogP contribution in [0.1, 0.15) is 6.42 Å². The zero-order valence-corrected chi connectivity index (χ0v) is 15.9. The average molecular weight is 390 g/mol. The van der Waals surface area contributed by atoms with Crippen LogP contribution in [0.2, 0.25) is 0 Å². The molecule has 0 bridgehead atoms. The summed E-state index contributed by atoms with van der Waals surface area (Å²) in [4.78, 5) is 13.3. The van der Waals surface area contributed by atoms with Gasteiger partial charge in [0, 0.05) is 36.9 Å². The Morgan fingerprint density at radius 2 is 2.04 bits per heavy atom. The molecule has 0 atom stereocenters. The van der Waals surface area contributed by atoms with Gasteiger partial charge < -0.3 is 14.8 Å².